The van der Waals surface area contributed by atoms with E-state index in [1.165, 1.54) is 0 Å². The molecular weight excluding hydrogens is 132 g/mol. The van der Waals surface area contributed by atoms with Gasteiger partial charge in [-0.2, -0.15) is 0 Å². The lowest BCUT2D eigenvalue weighted by atomic mass is 10.4. The quantitative estimate of drug-likeness (QED) is 0.396. The maximum atomic E-state index is 4.08. The van der Waals surface area contributed by atoms with Crippen LogP contribution in [0.4, 0.5) is 0 Å². The molecule has 0 saturated carbocycles. The molecule has 0 fully saturated rings. The molecule has 0 N–H and O–H groups in total. The third-order valence-corrected chi connectivity index (χ3v) is 1.05. The molecule has 1 aromatic carbocycles. The molecular formula is C6H10SSi. The zero-order valence-electron chi connectivity index (χ0n) is 3.83. The molecule has 0 aliphatic rings. The summed E-state index contributed by atoms with van der Waals surface area (Å²) in [5.41, 5.74) is 0. The molecule has 0 radical (unpaired) electrons. The maximum Gasteiger partial charge on any atom is 0.00399 e. The summed E-state index contributed by atoms with van der Waals surface area (Å²) in [7, 11) is 0. The first kappa shape index (κ1) is 7.79. The Hall–Kier alpha value is -0.213. The van der Waals surface area contributed by atoms with Gasteiger partial charge >= 0.3 is 0 Å². The average molecular weight is 142 g/mol. The molecule has 1 rings (SSSR count). The SMILES string of the molecule is Sc1ccccc1.[SiH4]. The molecule has 0 unspecified atom stereocenters. The van der Waals surface area contributed by atoms with Crippen LogP contribution in [0.5, 0.6) is 0 Å². The summed E-state index contributed by atoms with van der Waals surface area (Å²) in [5.74, 6) is 0. The van der Waals surface area contributed by atoms with E-state index in [0.29, 0.717) is 0 Å². The number of hydrogen-bond acceptors (Lipinski definition) is 1. The zero-order valence-corrected chi connectivity index (χ0v) is 4.73. The topological polar surface area (TPSA) is 0 Å². The Labute approximate surface area is 59.4 Å². The fraction of sp³-hybridized carbons (Fsp3) is 0. The van der Waals surface area contributed by atoms with Crippen LogP contribution in [-0.4, -0.2) is 11.0 Å². The van der Waals surface area contributed by atoms with Gasteiger partial charge in [-0.3, -0.25) is 0 Å². The maximum absolute atomic E-state index is 4.08. The first-order chi connectivity index (χ1) is 3.39. The molecule has 44 valence electrons. The monoisotopic (exact) mass is 142 g/mol. The molecule has 0 aliphatic carbocycles. The summed E-state index contributed by atoms with van der Waals surface area (Å²) in [5, 5.41) is 0. The van der Waals surface area contributed by atoms with Crippen molar-refractivity contribution in [2.24, 2.45) is 0 Å². The first-order valence-electron chi connectivity index (χ1n) is 2.13. The van der Waals surface area contributed by atoms with Crippen LogP contribution in [0.1, 0.15) is 0 Å². The molecule has 0 aromatic heterocycles. The van der Waals surface area contributed by atoms with E-state index in [0.717, 1.165) is 4.90 Å². The van der Waals surface area contributed by atoms with Crippen LogP contribution >= 0.6 is 12.6 Å². The van der Waals surface area contributed by atoms with Gasteiger partial charge in [0.15, 0.2) is 0 Å². The lowest BCUT2D eigenvalue weighted by Gasteiger charge is -1.81. The molecule has 0 heterocycles. The van der Waals surface area contributed by atoms with Crippen molar-refractivity contribution < 1.29 is 0 Å². The van der Waals surface area contributed by atoms with Crippen LogP contribution in [0, 0.1) is 0 Å². The highest BCUT2D eigenvalue weighted by atomic mass is 32.1. The smallest absolute Gasteiger partial charge is 0.00399 e. The van der Waals surface area contributed by atoms with E-state index >= 15 is 0 Å². The highest BCUT2D eigenvalue weighted by Gasteiger charge is 1.73. The van der Waals surface area contributed by atoms with Crippen LogP contribution in [0.3, 0.4) is 0 Å². The minimum atomic E-state index is 0. The van der Waals surface area contributed by atoms with Crippen molar-refractivity contribution in [3.05, 3.63) is 30.3 Å². The Balaban J connectivity index is 0.000000490. The van der Waals surface area contributed by atoms with Gasteiger partial charge in [0, 0.05) is 4.90 Å². The lowest BCUT2D eigenvalue weighted by molar-refractivity contribution is 1.48. The van der Waals surface area contributed by atoms with E-state index in [4.69, 9.17) is 0 Å². The van der Waals surface area contributed by atoms with Crippen molar-refractivity contribution in [2.75, 3.05) is 0 Å². The second kappa shape index (κ2) is 3.75. The van der Waals surface area contributed by atoms with Gasteiger partial charge < -0.3 is 0 Å². The second-order valence-corrected chi connectivity index (χ2v) is 1.85. The van der Waals surface area contributed by atoms with Gasteiger partial charge in [0.05, 0.1) is 0 Å². The third-order valence-electron chi connectivity index (χ3n) is 0.756. The molecule has 0 aliphatic heterocycles. The van der Waals surface area contributed by atoms with Crippen molar-refractivity contribution in [3.63, 3.8) is 0 Å². The van der Waals surface area contributed by atoms with E-state index in [9.17, 15) is 0 Å². The van der Waals surface area contributed by atoms with Crippen molar-refractivity contribution in [1.29, 1.82) is 0 Å². The van der Waals surface area contributed by atoms with Gasteiger partial charge in [0.1, 0.15) is 0 Å². The van der Waals surface area contributed by atoms with E-state index in [2.05, 4.69) is 12.6 Å². The molecule has 0 bridgehead atoms. The molecule has 0 spiro atoms. The van der Waals surface area contributed by atoms with E-state index < -0.39 is 0 Å². The summed E-state index contributed by atoms with van der Waals surface area (Å²) >= 11 is 4.08. The highest BCUT2D eigenvalue weighted by molar-refractivity contribution is 7.80. The normalized spacial score (nSPS) is 7.62. The Morgan fingerprint density at radius 2 is 1.50 bits per heavy atom. The molecule has 0 amide bonds. The van der Waals surface area contributed by atoms with E-state index in [1.54, 1.807) is 0 Å². The highest BCUT2D eigenvalue weighted by Crippen LogP contribution is 2.00. The van der Waals surface area contributed by atoms with Crippen LogP contribution < -0.4 is 0 Å². The summed E-state index contributed by atoms with van der Waals surface area (Å²) in [6.45, 7) is 0. The Morgan fingerprint density at radius 1 is 1.00 bits per heavy atom. The predicted octanol–water partition coefficient (Wildman–Crippen LogP) is 0.524. The van der Waals surface area contributed by atoms with E-state index in [1.807, 2.05) is 30.3 Å². The second-order valence-electron chi connectivity index (χ2n) is 1.34. The van der Waals surface area contributed by atoms with Crippen molar-refractivity contribution >= 4 is 23.6 Å². The van der Waals surface area contributed by atoms with Gasteiger partial charge in [-0.15, -0.1) is 12.6 Å². The molecule has 0 nitrogen and oxygen atoms in total. The lowest BCUT2D eigenvalue weighted by Crippen LogP contribution is -1.56. The third kappa shape index (κ3) is 2.19. The molecule has 0 saturated heterocycles. The zero-order chi connectivity index (χ0) is 5.11. The van der Waals surface area contributed by atoms with Gasteiger partial charge in [-0.25, -0.2) is 0 Å². The fourth-order valence-electron chi connectivity index (χ4n) is 0.428. The molecule has 1 aromatic rings. The predicted molar refractivity (Wildman–Crippen MR) is 45.0 cm³/mol. The number of benzene rings is 1. The summed E-state index contributed by atoms with van der Waals surface area (Å²) in [6.07, 6.45) is 0. The van der Waals surface area contributed by atoms with Crippen LogP contribution in [-0.2, 0) is 0 Å². The minimum Gasteiger partial charge on any atom is -0.143 e. The minimum absolute atomic E-state index is 0. The molecule has 0 atom stereocenters. The van der Waals surface area contributed by atoms with E-state index in [-0.39, 0.29) is 11.0 Å². The van der Waals surface area contributed by atoms with Crippen LogP contribution in [0.2, 0.25) is 0 Å². The Kier molecular flexibility index (Phi) is 3.65. The largest absolute Gasteiger partial charge is 0.143 e. The van der Waals surface area contributed by atoms with Gasteiger partial charge in [0.25, 0.3) is 0 Å². The van der Waals surface area contributed by atoms with Crippen molar-refractivity contribution in [1.82, 2.24) is 0 Å². The number of hydrogen-bond donors (Lipinski definition) is 1. The van der Waals surface area contributed by atoms with Crippen molar-refractivity contribution in [3.8, 4) is 0 Å². The Bertz CT molecular complexity index is 138. The number of thiol groups is 1. The summed E-state index contributed by atoms with van der Waals surface area (Å²) in [4.78, 5) is 1.02. The van der Waals surface area contributed by atoms with Gasteiger partial charge in [-0.1, -0.05) is 18.2 Å². The summed E-state index contributed by atoms with van der Waals surface area (Å²) < 4.78 is 0. The van der Waals surface area contributed by atoms with Gasteiger partial charge in [0.2, 0.25) is 0 Å². The first-order valence-corrected chi connectivity index (χ1v) is 2.58. The molecule has 8 heavy (non-hydrogen) atoms. The average Bonchev–Trinajstić information content (AvgIpc) is 1.69. The van der Waals surface area contributed by atoms with Crippen LogP contribution in [0.15, 0.2) is 35.2 Å². The summed E-state index contributed by atoms with van der Waals surface area (Å²) in [6, 6.07) is 9.79. The number of rotatable bonds is 0. The standard InChI is InChI=1S/C6H6S.H4Si/c7-6-4-2-1-3-5-6;/h1-5,7H;1H4. The van der Waals surface area contributed by atoms with Crippen molar-refractivity contribution in [2.45, 2.75) is 4.90 Å². The Morgan fingerprint density at radius 3 is 1.75 bits per heavy atom. The molecule has 2 heteroatoms. The fourth-order valence-corrected chi connectivity index (χ4v) is 0.600. The van der Waals surface area contributed by atoms with Crippen LogP contribution in [0.25, 0.3) is 0 Å². The van der Waals surface area contributed by atoms with Gasteiger partial charge in [-0.05, 0) is 23.1 Å².